The summed E-state index contributed by atoms with van der Waals surface area (Å²) >= 11 is 3.07. The Bertz CT molecular complexity index is 601. The number of hydrogen-bond donors (Lipinski definition) is 1. The summed E-state index contributed by atoms with van der Waals surface area (Å²) in [6.07, 6.45) is 3.69. The molecule has 0 radical (unpaired) electrons. The molecule has 6 heteroatoms. The molecule has 2 aromatic rings. The van der Waals surface area contributed by atoms with Gasteiger partial charge in [-0.15, -0.1) is 0 Å². The number of hydrogen-bond acceptors (Lipinski definition) is 2. The summed E-state index contributed by atoms with van der Waals surface area (Å²) in [7, 11) is 1.65. The molecule has 0 aliphatic heterocycles. The summed E-state index contributed by atoms with van der Waals surface area (Å²) in [5, 5.41) is 3.22. The highest BCUT2D eigenvalue weighted by Gasteiger charge is 2.12. The van der Waals surface area contributed by atoms with Gasteiger partial charge in [-0.25, -0.2) is 8.78 Å². The smallest absolute Gasteiger partial charge is 0.145 e. The predicted octanol–water partition coefficient (Wildman–Crippen LogP) is 3.31. The van der Waals surface area contributed by atoms with Crippen molar-refractivity contribution >= 4 is 15.9 Å². The molecule has 3 nitrogen and oxygen atoms in total. The lowest BCUT2D eigenvalue weighted by Gasteiger charge is -2.08. The Morgan fingerprint density at radius 3 is 2.86 bits per heavy atom. The first-order chi connectivity index (χ1) is 10.1. The number of nitrogens with zero attached hydrogens (tertiary/aromatic N) is 1. The SMILES string of the molecule is COCCNCc1ccn(Cc2c(F)ccc(Br)c2F)c1. The van der Waals surface area contributed by atoms with Gasteiger partial charge in [0.05, 0.1) is 17.6 Å². The van der Waals surface area contributed by atoms with Gasteiger partial charge < -0.3 is 14.6 Å². The molecule has 114 valence electrons. The van der Waals surface area contributed by atoms with Gasteiger partial charge in [0.25, 0.3) is 0 Å². The van der Waals surface area contributed by atoms with E-state index >= 15 is 0 Å². The first-order valence-electron chi connectivity index (χ1n) is 6.58. The number of methoxy groups -OCH3 is 1. The zero-order valence-corrected chi connectivity index (χ0v) is 13.3. The molecule has 21 heavy (non-hydrogen) atoms. The topological polar surface area (TPSA) is 26.2 Å². The minimum Gasteiger partial charge on any atom is -0.383 e. The maximum absolute atomic E-state index is 13.9. The average molecular weight is 359 g/mol. The maximum atomic E-state index is 13.9. The van der Waals surface area contributed by atoms with Crippen LogP contribution in [0.4, 0.5) is 8.78 Å². The zero-order chi connectivity index (χ0) is 15.2. The van der Waals surface area contributed by atoms with E-state index in [1.165, 1.54) is 12.1 Å². The molecular weight excluding hydrogens is 342 g/mol. The van der Waals surface area contributed by atoms with Crippen LogP contribution in [0.2, 0.25) is 0 Å². The molecule has 0 aliphatic carbocycles. The largest absolute Gasteiger partial charge is 0.383 e. The van der Waals surface area contributed by atoms with Gasteiger partial charge in [0.2, 0.25) is 0 Å². The zero-order valence-electron chi connectivity index (χ0n) is 11.7. The van der Waals surface area contributed by atoms with Crippen LogP contribution in [-0.4, -0.2) is 24.8 Å². The van der Waals surface area contributed by atoms with Crippen molar-refractivity contribution in [3.8, 4) is 0 Å². The van der Waals surface area contributed by atoms with E-state index in [0.29, 0.717) is 13.2 Å². The average Bonchev–Trinajstić information content (AvgIpc) is 2.92. The number of halogens is 3. The molecule has 0 fully saturated rings. The Morgan fingerprint density at radius 2 is 2.10 bits per heavy atom. The third-order valence-electron chi connectivity index (χ3n) is 3.10. The van der Waals surface area contributed by atoms with E-state index in [0.717, 1.165) is 12.1 Å². The Balaban J connectivity index is 2.01. The van der Waals surface area contributed by atoms with Crippen LogP contribution in [0.25, 0.3) is 0 Å². The summed E-state index contributed by atoms with van der Waals surface area (Å²) in [5.74, 6) is -1.09. The Labute approximate surface area is 131 Å². The fourth-order valence-electron chi connectivity index (χ4n) is 2.00. The Morgan fingerprint density at radius 1 is 1.29 bits per heavy atom. The summed E-state index contributed by atoms with van der Waals surface area (Å²) in [5.41, 5.74) is 1.11. The van der Waals surface area contributed by atoms with Crippen LogP contribution in [0.5, 0.6) is 0 Å². The second-order valence-electron chi connectivity index (χ2n) is 4.68. The van der Waals surface area contributed by atoms with Crippen LogP contribution >= 0.6 is 15.9 Å². The van der Waals surface area contributed by atoms with Gasteiger partial charge in [0.15, 0.2) is 0 Å². The van der Waals surface area contributed by atoms with Gasteiger partial charge >= 0.3 is 0 Å². The fourth-order valence-corrected chi connectivity index (χ4v) is 2.37. The number of ether oxygens (including phenoxy) is 1. The van der Waals surface area contributed by atoms with Crippen molar-refractivity contribution in [3.63, 3.8) is 0 Å². The maximum Gasteiger partial charge on any atom is 0.145 e. The number of nitrogens with one attached hydrogen (secondary N) is 1. The molecule has 0 saturated carbocycles. The minimum atomic E-state index is -0.552. The van der Waals surface area contributed by atoms with Crippen molar-refractivity contribution in [3.05, 3.63) is 57.8 Å². The van der Waals surface area contributed by atoms with Gasteiger partial charge in [-0.3, -0.25) is 0 Å². The Kier molecular flexibility index (Phi) is 5.90. The van der Waals surface area contributed by atoms with Gasteiger partial charge in [-0.05, 0) is 39.7 Å². The summed E-state index contributed by atoms with van der Waals surface area (Å²) in [6, 6.07) is 4.56. The summed E-state index contributed by atoms with van der Waals surface area (Å²) in [4.78, 5) is 0. The fraction of sp³-hybridized carbons (Fsp3) is 0.333. The summed E-state index contributed by atoms with van der Waals surface area (Å²) < 4.78 is 34.6. The molecule has 0 spiro atoms. The van der Waals surface area contributed by atoms with E-state index in [4.69, 9.17) is 4.74 Å². The van der Waals surface area contributed by atoms with Crippen LogP contribution in [0.1, 0.15) is 11.1 Å². The molecule has 2 rings (SSSR count). The first kappa shape index (κ1) is 16.1. The van der Waals surface area contributed by atoms with Crippen molar-refractivity contribution in [1.29, 1.82) is 0 Å². The molecular formula is C15H17BrF2N2O. The highest BCUT2D eigenvalue weighted by Crippen LogP contribution is 2.22. The molecule has 0 aliphatic rings. The van der Waals surface area contributed by atoms with Gasteiger partial charge in [-0.1, -0.05) is 0 Å². The molecule has 0 amide bonds. The van der Waals surface area contributed by atoms with E-state index in [-0.39, 0.29) is 16.6 Å². The monoisotopic (exact) mass is 358 g/mol. The summed E-state index contributed by atoms with van der Waals surface area (Å²) in [6.45, 7) is 2.26. The van der Waals surface area contributed by atoms with E-state index < -0.39 is 11.6 Å². The van der Waals surface area contributed by atoms with Crippen molar-refractivity contribution in [2.45, 2.75) is 13.1 Å². The molecule has 1 aromatic heterocycles. The van der Waals surface area contributed by atoms with Crippen LogP contribution in [0.3, 0.4) is 0 Å². The quantitative estimate of drug-likeness (QED) is 0.607. The molecule has 0 saturated heterocycles. The number of benzene rings is 1. The molecule has 0 bridgehead atoms. The third-order valence-corrected chi connectivity index (χ3v) is 3.72. The first-order valence-corrected chi connectivity index (χ1v) is 7.38. The van der Waals surface area contributed by atoms with E-state index in [2.05, 4.69) is 21.2 Å². The molecule has 1 aromatic carbocycles. The molecule has 0 unspecified atom stereocenters. The van der Waals surface area contributed by atoms with Crippen LogP contribution < -0.4 is 5.32 Å². The highest BCUT2D eigenvalue weighted by molar-refractivity contribution is 9.10. The van der Waals surface area contributed by atoms with Gasteiger partial charge in [0.1, 0.15) is 11.6 Å². The van der Waals surface area contributed by atoms with Crippen molar-refractivity contribution in [1.82, 2.24) is 9.88 Å². The minimum absolute atomic E-state index is 0.0545. The van der Waals surface area contributed by atoms with Crippen molar-refractivity contribution in [2.75, 3.05) is 20.3 Å². The molecule has 1 heterocycles. The van der Waals surface area contributed by atoms with E-state index in [9.17, 15) is 8.78 Å². The van der Waals surface area contributed by atoms with E-state index in [1.807, 2.05) is 18.5 Å². The normalized spacial score (nSPS) is 11.0. The van der Waals surface area contributed by atoms with E-state index in [1.54, 1.807) is 11.7 Å². The lowest BCUT2D eigenvalue weighted by atomic mass is 10.2. The lowest BCUT2D eigenvalue weighted by molar-refractivity contribution is 0.199. The Hall–Kier alpha value is -1.24. The standard InChI is InChI=1S/C15H17BrF2N2O/c1-21-7-5-19-8-11-4-6-20(9-11)10-12-14(17)3-2-13(16)15(12)18/h2-4,6,9,19H,5,7-8,10H2,1H3. The van der Waals surface area contributed by atoms with Crippen molar-refractivity contribution < 1.29 is 13.5 Å². The lowest BCUT2D eigenvalue weighted by Crippen LogP contribution is -2.18. The van der Waals surface area contributed by atoms with Crippen LogP contribution in [0.15, 0.2) is 35.1 Å². The van der Waals surface area contributed by atoms with Crippen LogP contribution in [-0.2, 0) is 17.8 Å². The van der Waals surface area contributed by atoms with Gasteiger partial charge in [0, 0.05) is 38.2 Å². The second kappa shape index (κ2) is 7.68. The third kappa shape index (κ3) is 4.36. The number of rotatable bonds is 7. The molecule has 0 atom stereocenters. The van der Waals surface area contributed by atoms with Gasteiger partial charge in [-0.2, -0.15) is 0 Å². The molecule has 1 N–H and O–H groups in total. The van der Waals surface area contributed by atoms with Crippen molar-refractivity contribution in [2.24, 2.45) is 0 Å². The predicted molar refractivity (Wildman–Crippen MR) is 81.2 cm³/mol. The second-order valence-corrected chi connectivity index (χ2v) is 5.54. The number of aromatic nitrogens is 1. The highest BCUT2D eigenvalue weighted by atomic mass is 79.9. The van der Waals surface area contributed by atoms with Crippen LogP contribution in [0, 0.1) is 11.6 Å².